The third kappa shape index (κ3) is 5.03. The van der Waals surface area contributed by atoms with Crippen LogP contribution in [0.3, 0.4) is 0 Å². The van der Waals surface area contributed by atoms with Crippen LogP contribution in [0.15, 0.2) is 182 Å². The molecule has 2 nitrogen and oxygen atoms in total. The van der Waals surface area contributed by atoms with E-state index in [-0.39, 0.29) is 21.7 Å². The number of rotatable bonds is 2. The molecule has 0 bridgehead atoms. The highest BCUT2D eigenvalue weighted by Gasteiger charge is 2.45. The zero-order valence-corrected chi connectivity index (χ0v) is 40.2. The number of hydrogen-bond donors (Lipinski definition) is 0. The van der Waals surface area contributed by atoms with Gasteiger partial charge in [0.2, 0.25) is 0 Å². The van der Waals surface area contributed by atoms with Crippen molar-refractivity contribution in [2.75, 3.05) is 9.80 Å². The van der Waals surface area contributed by atoms with Crippen LogP contribution in [0.2, 0.25) is 0 Å². The summed E-state index contributed by atoms with van der Waals surface area (Å²) in [6, 6.07) is 69.9. The first-order valence-corrected chi connectivity index (χ1v) is 24.5. The maximum absolute atomic E-state index is 2.59. The van der Waals surface area contributed by atoms with Crippen molar-refractivity contribution < 1.29 is 0 Å². The van der Waals surface area contributed by atoms with Gasteiger partial charge in [-0.15, -0.1) is 0 Å². The van der Waals surface area contributed by atoms with Crippen LogP contribution in [0.25, 0.3) is 54.6 Å². The minimum atomic E-state index is -0.231. The Morgan fingerprint density at radius 2 is 0.544 bits per heavy atom. The first-order chi connectivity index (χ1) is 32.7. The van der Waals surface area contributed by atoms with Crippen LogP contribution in [-0.2, 0) is 21.7 Å². The standard InChI is InChI=1S/C66H54N2/c1-63(2)49-25-13-15-27-59(49)67(61-37-53-47(35-55(61)63)45-31-39-19-9-11-21-41(39)33-51(45)65(53,5)6)57-29-17-24-44-43(57)23-18-30-58(44)68-60-28-16-14-26-50(60)64(3,4)56-36-48-46-32-40-20-10-12-22-42(40)34-52(46)66(7,8)54(48)38-62(56)68/h9-38H,1-8H3. The Morgan fingerprint density at radius 3 is 0.956 bits per heavy atom. The topological polar surface area (TPSA) is 6.48 Å². The van der Waals surface area contributed by atoms with Crippen LogP contribution >= 0.6 is 0 Å². The summed E-state index contributed by atoms with van der Waals surface area (Å²) in [6.07, 6.45) is 0. The van der Waals surface area contributed by atoms with Gasteiger partial charge in [-0.1, -0.05) is 165 Å². The van der Waals surface area contributed by atoms with Crippen molar-refractivity contribution in [2.24, 2.45) is 0 Å². The lowest BCUT2D eigenvalue weighted by Crippen LogP contribution is -2.31. The minimum Gasteiger partial charge on any atom is -0.309 e. The van der Waals surface area contributed by atoms with Crippen LogP contribution in [-0.4, -0.2) is 0 Å². The molecule has 2 heterocycles. The average molecular weight is 875 g/mol. The smallest absolute Gasteiger partial charge is 0.0541 e. The lowest BCUT2D eigenvalue weighted by atomic mass is 9.71. The molecule has 2 heteroatoms. The van der Waals surface area contributed by atoms with Crippen LogP contribution in [0.1, 0.15) is 99.9 Å². The summed E-state index contributed by atoms with van der Waals surface area (Å²) in [5.41, 5.74) is 23.0. The van der Waals surface area contributed by atoms with Crippen molar-refractivity contribution in [1.82, 2.24) is 0 Å². The molecule has 68 heavy (non-hydrogen) atoms. The first kappa shape index (κ1) is 39.7. The molecule has 0 atom stereocenters. The summed E-state index contributed by atoms with van der Waals surface area (Å²) in [5, 5.41) is 7.63. The molecule has 0 saturated carbocycles. The van der Waals surface area contributed by atoms with E-state index >= 15 is 0 Å². The number of para-hydroxylation sites is 2. The van der Waals surface area contributed by atoms with E-state index in [1.54, 1.807) is 0 Å². The molecule has 10 aromatic carbocycles. The van der Waals surface area contributed by atoms with E-state index < -0.39 is 0 Å². The predicted molar refractivity (Wildman–Crippen MR) is 288 cm³/mol. The molecule has 2 aliphatic heterocycles. The van der Waals surface area contributed by atoms with Gasteiger partial charge in [-0.2, -0.15) is 0 Å². The summed E-state index contributed by atoms with van der Waals surface area (Å²) in [7, 11) is 0. The molecule has 0 aromatic heterocycles. The average Bonchev–Trinajstić information content (AvgIpc) is 3.69. The molecule has 0 radical (unpaired) electrons. The number of benzene rings is 10. The van der Waals surface area contributed by atoms with Gasteiger partial charge in [-0.05, 0) is 161 Å². The maximum atomic E-state index is 2.59. The third-order valence-electron chi connectivity index (χ3n) is 17.1. The van der Waals surface area contributed by atoms with E-state index in [9.17, 15) is 0 Å². The highest BCUT2D eigenvalue weighted by atomic mass is 15.2. The largest absolute Gasteiger partial charge is 0.309 e. The van der Waals surface area contributed by atoms with Crippen molar-refractivity contribution in [2.45, 2.75) is 77.0 Å². The van der Waals surface area contributed by atoms with E-state index in [2.05, 4.69) is 247 Å². The van der Waals surface area contributed by atoms with Gasteiger partial charge in [0, 0.05) is 32.4 Å². The SMILES string of the molecule is CC1(C)c2cc3c(cc2-c2cc4ccccc4cc21)C(C)(C)c1ccccc1N3c1cccc2c(N3c4ccccc4C(C)(C)c4cc5c(cc43)C(C)(C)c3cc4ccccc4cc3-5)cccc12. The zero-order chi connectivity index (χ0) is 46.2. The Labute approximate surface area is 400 Å². The molecular formula is C66H54N2. The van der Waals surface area contributed by atoms with Crippen LogP contribution in [0, 0.1) is 0 Å². The molecule has 0 spiro atoms. The molecule has 0 saturated heterocycles. The van der Waals surface area contributed by atoms with E-state index in [4.69, 9.17) is 0 Å². The third-order valence-corrected chi connectivity index (χ3v) is 17.1. The van der Waals surface area contributed by atoms with Gasteiger partial charge < -0.3 is 9.80 Å². The Kier molecular flexibility index (Phi) is 7.69. The van der Waals surface area contributed by atoms with Crippen molar-refractivity contribution in [1.29, 1.82) is 0 Å². The Balaban J connectivity index is 0.994. The fourth-order valence-electron chi connectivity index (χ4n) is 13.4. The fraction of sp³-hybridized carbons (Fsp3) is 0.182. The van der Waals surface area contributed by atoms with Crippen LogP contribution < -0.4 is 9.80 Å². The summed E-state index contributed by atoms with van der Waals surface area (Å²) >= 11 is 0. The molecule has 0 amide bonds. The number of fused-ring (bicyclic) bond motifs is 13. The highest BCUT2D eigenvalue weighted by Crippen LogP contribution is 2.61. The molecule has 10 aromatic rings. The maximum Gasteiger partial charge on any atom is 0.0541 e. The molecule has 2 aliphatic carbocycles. The van der Waals surface area contributed by atoms with Gasteiger partial charge in [-0.25, -0.2) is 0 Å². The van der Waals surface area contributed by atoms with E-state index in [0.29, 0.717) is 0 Å². The molecule has 0 fully saturated rings. The van der Waals surface area contributed by atoms with Gasteiger partial charge in [0.25, 0.3) is 0 Å². The first-order valence-electron chi connectivity index (χ1n) is 24.5. The van der Waals surface area contributed by atoms with Crippen molar-refractivity contribution >= 4 is 66.4 Å². The van der Waals surface area contributed by atoms with E-state index in [1.807, 2.05) is 0 Å². The predicted octanol–water partition coefficient (Wildman–Crippen LogP) is 18.0. The zero-order valence-electron chi connectivity index (χ0n) is 40.2. The fourth-order valence-corrected chi connectivity index (χ4v) is 13.4. The molecule has 0 unspecified atom stereocenters. The Bertz CT molecular complexity index is 3620. The van der Waals surface area contributed by atoms with Crippen molar-refractivity contribution in [3.63, 3.8) is 0 Å². The van der Waals surface area contributed by atoms with Crippen LogP contribution in [0.5, 0.6) is 0 Å². The van der Waals surface area contributed by atoms with Gasteiger partial charge in [-0.3, -0.25) is 0 Å². The molecular weight excluding hydrogens is 821 g/mol. The summed E-state index contributed by atoms with van der Waals surface area (Å²) in [5.74, 6) is 0. The summed E-state index contributed by atoms with van der Waals surface area (Å²) in [4.78, 5) is 5.19. The number of anilines is 6. The minimum absolute atomic E-state index is 0.172. The lowest BCUT2D eigenvalue weighted by molar-refractivity contribution is 0.627. The highest BCUT2D eigenvalue weighted by molar-refractivity contribution is 6.09. The second kappa shape index (κ2) is 13.2. The summed E-state index contributed by atoms with van der Waals surface area (Å²) in [6.45, 7) is 19.4. The number of nitrogens with zero attached hydrogens (tertiary/aromatic N) is 2. The normalized spacial score (nSPS) is 16.9. The second-order valence-corrected chi connectivity index (χ2v) is 22.2. The quantitative estimate of drug-likeness (QED) is 0.171. The summed E-state index contributed by atoms with van der Waals surface area (Å²) < 4.78 is 0. The van der Waals surface area contributed by atoms with Crippen LogP contribution in [0.4, 0.5) is 34.1 Å². The number of hydrogen-bond acceptors (Lipinski definition) is 2. The molecule has 14 rings (SSSR count). The van der Waals surface area contributed by atoms with Gasteiger partial charge in [0.05, 0.1) is 34.1 Å². The van der Waals surface area contributed by atoms with Gasteiger partial charge >= 0.3 is 0 Å². The van der Waals surface area contributed by atoms with E-state index in [0.717, 1.165) is 0 Å². The monoisotopic (exact) mass is 874 g/mol. The van der Waals surface area contributed by atoms with Gasteiger partial charge in [0.1, 0.15) is 0 Å². The lowest BCUT2D eigenvalue weighted by Gasteiger charge is -2.44. The Hall–Kier alpha value is -7.42. The van der Waals surface area contributed by atoms with Gasteiger partial charge in [0.15, 0.2) is 0 Å². The van der Waals surface area contributed by atoms with Crippen molar-refractivity contribution in [3.8, 4) is 22.3 Å². The Morgan fingerprint density at radius 1 is 0.235 bits per heavy atom. The van der Waals surface area contributed by atoms with E-state index in [1.165, 1.54) is 133 Å². The van der Waals surface area contributed by atoms with Crippen molar-refractivity contribution in [3.05, 3.63) is 226 Å². The molecule has 0 N–H and O–H groups in total. The molecule has 4 aliphatic rings. The second-order valence-electron chi connectivity index (χ2n) is 22.2. The molecule has 328 valence electrons.